The van der Waals surface area contributed by atoms with E-state index in [1.54, 1.807) is 19.4 Å². The SMILES string of the molecule is CN=C(NCc1ccco1)NC1COc2cc(F)c(Br)cc21.I. The lowest BCUT2D eigenvalue weighted by Gasteiger charge is -2.16. The van der Waals surface area contributed by atoms with Crippen LogP contribution in [0.2, 0.25) is 0 Å². The van der Waals surface area contributed by atoms with Crippen LogP contribution >= 0.6 is 39.9 Å². The van der Waals surface area contributed by atoms with Gasteiger partial charge in [0, 0.05) is 18.7 Å². The molecule has 124 valence electrons. The largest absolute Gasteiger partial charge is 0.491 e. The van der Waals surface area contributed by atoms with E-state index in [0.717, 1.165) is 11.3 Å². The van der Waals surface area contributed by atoms with E-state index in [0.29, 0.717) is 29.3 Å². The average molecular weight is 496 g/mol. The molecule has 1 aliphatic heterocycles. The van der Waals surface area contributed by atoms with Crippen molar-refractivity contribution in [2.24, 2.45) is 4.99 Å². The third kappa shape index (κ3) is 4.17. The third-order valence-electron chi connectivity index (χ3n) is 3.38. The molecule has 0 saturated carbocycles. The van der Waals surface area contributed by atoms with Crippen molar-refractivity contribution in [2.45, 2.75) is 12.6 Å². The Morgan fingerprint density at radius 3 is 3.00 bits per heavy atom. The molecular formula is C15H16BrFIN3O2. The van der Waals surface area contributed by atoms with Gasteiger partial charge in [-0.05, 0) is 34.1 Å². The van der Waals surface area contributed by atoms with E-state index in [4.69, 9.17) is 9.15 Å². The fourth-order valence-corrected chi connectivity index (χ4v) is 2.63. The molecule has 0 bridgehead atoms. The van der Waals surface area contributed by atoms with Crippen molar-refractivity contribution in [3.63, 3.8) is 0 Å². The first-order valence-corrected chi connectivity index (χ1v) is 7.58. The molecule has 1 unspecified atom stereocenters. The Hall–Kier alpha value is -1.29. The second-order valence-electron chi connectivity index (χ2n) is 4.82. The van der Waals surface area contributed by atoms with Gasteiger partial charge in [-0.2, -0.15) is 0 Å². The second kappa shape index (κ2) is 8.00. The molecule has 0 saturated heterocycles. The maximum Gasteiger partial charge on any atom is 0.191 e. The van der Waals surface area contributed by atoms with Crippen molar-refractivity contribution in [3.8, 4) is 5.75 Å². The monoisotopic (exact) mass is 495 g/mol. The summed E-state index contributed by atoms with van der Waals surface area (Å²) in [5.74, 6) is 1.66. The van der Waals surface area contributed by atoms with Gasteiger partial charge in [0.25, 0.3) is 0 Å². The highest BCUT2D eigenvalue weighted by Gasteiger charge is 2.26. The molecule has 1 atom stereocenters. The Balaban J connectivity index is 0.00000192. The van der Waals surface area contributed by atoms with Crippen LogP contribution in [0.25, 0.3) is 0 Å². The van der Waals surface area contributed by atoms with Crippen molar-refractivity contribution in [3.05, 3.63) is 52.1 Å². The average Bonchev–Trinajstić information content (AvgIpc) is 3.15. The van der Waals surface area contributed by atoms with E-state index >= 15 is 0 Å². The van der Waals surface area contributed by atoms with Gasteiger partial charge in [0.1, 0.15) is 23.9 Å². The zero-order valence-electron chi connectivity index (χ0n) is 12.3. The molecule has 1 aromatic heterocycles. The highest BCUT2D eigenvalue weighted by atomic mass is 127. The second-order valence-corrected chi connectivity index (χ2v) is 5.67. The number of hydrogen-bond donors (Lipinski definition) is 2. The molecule has 8 heteroatoms. The van der Waals surface area contributed by atoms with Crippen LogP contribution in [0.5, 0.6) is 5.75 Å². The van der Waals surface area contributed by atoms with Gasteiger partial charge >= 0.3 is 0 Å². The Morgan fingerprint density at radius 1 is 1.48 bits per heavy atom. The molecule has 2 heterocycles. The van der Waals surface area contributed by atoms with Gasteiger partial charge in [0.05, 0.1) is 23.3 Å². The minimum absolute atomic E-state index is 0. The summed E-state index contributed by atoms with van der Waals surface area (Å²) in [4.78, 5) is 4.18. The summed E-state index contributed by atoms with van der Waals surface area (Å²) < 4.78 is 24.7. The van der Waals surface area contributed by atoms with Crippen LogP contribution in [0.1, 0.15) is 17.4 Å². The van der Waals surface area contributed by atoms with Crippen LogP contribution in [0, 0.1) is 5.82 Å². The maximum absolute atomic E-state index is 13.5. The Kier molecular flexibility index (Phi) is 6.28. The fourth-order valence-electron chi connectivity index (χ4n) is 2.27. The Morgan fingerprint density at radius 2 is 2.30 bits per heavy atom. The summed E-state index contributed by atoms with van der Waals surface area (Å²) in [6.07, 6.45) is 1.63. The van der Waals surface area contributed by atoms with Gasteiger partial charge in [-0.1, -0.05) is 0 Å². The number of nitrogens with one attached hydrogen (secondary N) is 2. The van der Waals surface area contributed by atoms with Gasteiger partial charge in [0.2, 0.25) is 0 Å². The normalized spacial score (nSPS) is 16.3. The quantitative estimate of drug-likeness (QED) is 0.388. The van der Waals surface area contributed by atoms with Crippen LogP contribution in [-0.4, -0.2) is 19.6 Å². The van der Waals surface area contributed by atoms with Crippen LogP contribution < -0.4 is 15.4 Å². The first kappa shape index (κ1) is 18.1. The number of hydrogen-bond acceptors (Lipinski definition) is 3. The van der Waals surface area contributed by atoms with Crippen LogP contribution in [0.3, 0.4) is 0 Å². The summed E-state index contributed by atoms with van der Waals surface area (Å²) in [6, 6.07) is 6.75. The first-order chi connectivity index (χ1) is 10.7. The predicted molar refractivity (Wildman–Crippen MR) is 99.8 cm³/mol. The van der Waals surface area contributed by atoms with Gasteiger partial charge in [-0.3, -0.25) is 4.99 Å². The number of nitrogens with zero attached hydrogens (tertiary/aromatic N) is 1. The van der Waals surface area contributed by atoms with Crippen LogP contribution in [-0.2, 0) is 6.54 Å². The van der Waals surface area contributed by atoms with Crippen molar-refractivity contribution >= 4 is 45.9 Å². The van der Waals surface area contributed by atoms with E-state index in [1.807, 2.05) is 12.1 Å². The first-order valence-electron chi connectivity index (χ1n) is 6.78. The molecule has 1 aliphatic rings. The summed E-state index contributed by atoms with van der Waals surface area (Å²) in [6.45, 7) is 0.951. The predicted octanol–water partition coefficient (Wildman–Crippen LogP) is 3.60. The fraction of sp³-hybridized carbons (Fsp3) is 0.267. The molecule has 0 spiro atoms. The number of furan rings is 1. The standard InChI is InChI=1S/C15H15BrFN3O2.HI/c1-18-15(19-7-9-3-2-4-21-9)20-13-8-22-14-6-12(17)11(16)5-10(13)14;/h2-6,13H,7-8H2,1H3,(H2,18,19,20);1H. The summed E-state index contributed by atoms with van der Waals surface area (Å²) in [7, 11) is 1.69. The number of benzene rings is 1. The summed E-state index contributed by atoms with van der Waals surface area (Å²) in [5.41, 5.74) is 0.897. The molecule has 0 aliphatic carbocycles. The lowest BCUT2D eigenvalue weighted by Crippen LogP contribution is -2.39. The minimum Gasteiger partial charge on any atom is -0.491 e. The number of guanidine groups is 1. The smallest absolute Gasteiger partial charge is 0.191 e. The van der Waals surface area contributed by atoms with E-state index < -0.39 is 0 Å². The van der Waals surface area contributed by atoms with E-state index in [2.05, 4.69) is 31.6 Å². The molecule has 23 heavy (non-hydrogen) atoms. The molecule has 0 radical (unpaired) electrons. The van der Waals surface area contributed by atoms with E-state index in [1.165, 1.54) is 6.07 Å². The summed E-state index contributed by atoms with van der Waals surface area (Å²) in [5, 5.41) is 6.42. The van der Waals surface area contributed by atoms with Crippen molar-refractivity contribution in [1.29, 1.82) is 0 Å². The molecule has 5 nitrogen and oxygen atoms in total. The molecule has 3 rings (SSSR count). The molecule has 2 N–H and O–H groups in total. The number of aliphatic imine (C=N–C) groups is 1. The minimum atomic E-state index is -0.334. The molecular weight excluding hydrogens is 480 g/mol. The molecule has 0 amide bonds. The Bertz CT molecular complexity index is 694. The summed E-state index contributed by atoms with van der Waals surface area (Å²) >= 11 is 3.20. The van der Waals surface area contributed by atoms with E-state index in [-0.39, 0.29) is 35.8 Å². The number of ether oxygens (including phenoxy) is 1. The van der Waals surface area contributed by atoms with Crippen molar-refractivity contribution < 1.29 is 13.5 Å². The topological polar surface area (TPSA) is 58.8 Å². The van der Waals surface area contributed by atoms with Gasteiger partial charge in [-0.25, -0.2) is 4.39 Å². The third-order valence-corrected chi connectivity index (χ3v) is 3.99. The lowest BCUT2D eigenvalue weighted by molar-refractivity contribution is 0.322. The van der Waals surface area contributed by atoms with Gasteiger partial charge < -0.3 is 19.8 Å². The number of fused-ring (bicyclic) bond motifs is 1. The van der Waals surface area contributed by atoms with Gasteiger partial charge in [-0.15, -0.1) is 24.0 Å². The maximum atomic E-state index is 13.5. The molecule has 0 fully saturated rings. The van der Waals surface area contributed by atoms with Crippen LogP contribution in [0.4, 0.5) is 4.39 Å². The number of halogens is 3. The van der Waals surface area contributed by atoms with E-state index in [9.17, 15) is 4.39 Å². The molecule has 1 aromatic carbocycles. The van der Waals surface area contributed by atoms with Crippen LogP contribution in [0.15, 0.2) is 44.4 Å². The van der Waals surface area contributed by atoms with Crippen molar-refractivity contribution in [1.82, 2.24) is 10.6 Å². The highest BCUT2D eigenvalue weighted by Crippen LogP contribution is 2.35. The number of rotatable bonds is 3. The Labute approximate surface area is 158 Å². The highest BCUT2D eigenvalue weighted by molar-refractivity contribution is 14.0. The zero-order chi connectivity index (χ0) is 15.5. The lowest BCUT2D eigenvalue weighted by atomic mass is 10.1. The zero-order valence-corrected chi connectivity index (χ0v) is 16.2. The molecule has 2 aromatic rings. The van der Waals surface area contributed by atoms with Crippen molar-refractivity contribution in [2.75, 3.05) is 13.7 Å². The van der Waals surface area contributed by atoms with Gasteiger partial charge in [0.15, 0.2) is 5.96 Å².